The van der Waals surface area contributed by atoms with Crippen LogP contribution < -0.4 is 5.43 Å². The molecule has 7 nitrogen and oxygen atoms in total. The maximum absolute atomic E-state index is 10.9. The van der Waals surface area contributed by atoms with E-state index in [2.05, 4.69) is 15.6 Å². The molecule has 20 heavy (non-hydrogen) atoms. The standard InChI is InChI=1S/C13H15N5O2/c1-9-11(10(2)17(3)16-9)8-14-15-12-6-4-5-7-13(12)18(19)20/h4-8,15H,1-3H3/b14-8-. The summed E-state index contributed by atoms with van der Waals surface area (Å²) in [7, 11) is 1.86. The van der Waals surface area contributed by atoms with Gasteiger partial charge in [-0.05, 0) is 19.9 Å². The van der Waals surface area contributed by atoms with Crippen LogP contribution in [0.5, 0.6) is 0 Å². The first kappa shape index (κ1) is 13.7. The fourth-order valence-corrected chi connectivity index (χ4v) is 1.87. The second kappa shape index (κ2) is 5.52. The van der Waals surface area contributed by atoms with Crippen LogP contribution in [0.15, 0.2) is 29.4 Å². The molecule has 1 N–H and O–H groups in total. The topological polar surface area (TPSA) is 85.3 Å². The highest BCUT2D eigenvalue weighted by Gasteiger charge is 2.11. The number of nitrogens with one attached hydrogen (secondary N) is 1. The van der Waals surface area contributed by atoms with Gasteiger partial charge in [-0.1, -0.05) is 12.1 Å². The molecule has 0 unspecified atom stereocenters. The Bertz CT molecular complexity index is 675. The highest BCUT2D eigenvalue weighted by atomic mass is 16.6. The van der Waals surface area contributed by atoms with Crippen molar-refractivity contribution in [3.63, 3.8) is 0 Å². The number of para-hydroxylation sites is 2. The molecule has 104 valence electrons. The van der Waals surface area contributed by atoms with Gasteiger partial charge in [0, 0.05) is 24.4 Å². The lowest BCUT2D eigenvalue weighted by Gasteiger charge is -2.01. The molecule has 0 radical (unpaired) electrons. The van der Waals surface area contributed by atoms with E-state index in [0.29, 0.717) is 5.69 Å². The Morgan fingerprint density at radius 3 is 2.70 bits per heavy atom. The third kappa shape index (κ3) is 2.66. The Morgan fingerprint density at radius 2 is 2.10 bits per heavy atom. The number of rotatable bonds is 4. The van der Waals surface area contributed by atoms with Crippen LogP contribution in [-0.2, 0) is 7.05 Å². The first-order valence-corrected chi connectivity index (χ1v) is 6.03. The summed E-state index contributed by atoms with van der Waals surface area (Å²) in [5.41, 5.74) is 5.79. The van der Waals surface area contributed by atoms with Gasteiger partial charge in [0.05, 0.1) is 16.8 Å². The molecule has 1 aromatic heterocycles. The molecular formula is C13H15N5O2. The molecule has 0 aliphatic carbocycles. The second-order valence-electron chi connectivity index (χ2n) is 4.35. The molecule has 1 aromatic carbocycles. The van der Waals surface area contributed by atoms with Crippen molar-refractivity contribution in [1.82, 2.24) is 9.78 Å². The number of hydrogen-bond acceptors (Lipinski definition) is 5. The lowest BCUT2D eigenvalue weighted by atomic mass is 10.2. The van der Waals surface area contributed by atoms with E-state index in [9.17, 15) is 10.1 Å². The number of hydrazone groups is 1. The molecule has 7 heteroatoms. The molecule has 2 aromatic rings. The van der Waals surface area contributed by atoms with Crippen LogP contribution in [0.25, 0.3) is 0 Å². The van der Waals surface area contributed by atoms with Gasteiger partial charge in [-0.2, -0.15) is 10.2 Å². The maximum Gasteiger partial charge on any atom is 0.294 e. The van der Waals surface area contributed by atoms with Crippen molar-refractivity contribution in [2.45, 2.75) is 13.8 Å². The van der Waals surface area contributed by atoms with Crippen molar-refractivity contribution in [2.75, 3.05) is 5.43 Å². The summed E-state index contributed by atoms with van der Waals surface area (Å²) in [6, 6.07) is 6.37. The molecule has 0 fully saturated rings. The fourth-order valence-electron chi connectivity index (χ4n) is 1.87. The molecule has 0 spiro atoms. The van der Waals surface area contributed by atoms with Gasteiger partial charge in [0.25, 0.3) is 5.69 Å². The van der Waals surface area contributed by atoms with Crippen molar-refractivity contribution >= 4 is 17.6 Å². The van der Waals surface area contributed by atoms with Gasteiger partial charge in [-0.15, -0.1) is 0 Å². The van der Waals surface area contributed by atoms with E-state index in [-0.39, 0.29) is 5.69 Å². The summed E-state index contributed by atoms with van der Waals surface area (Å²) in [6.07, 6.45) is 1.62. The van der Waals surface area contributed by atoms with Crippen LogP contribution >= 0.6 is 0 Å². The number of aromatic nitrogens is 2. The van der Waals surface area contributed by atoms with Crippen molar-refractivity contribution in [2.24, 2.45) is 12.1 Å². The molecule has 0 atom stereocenters. The first-order chi connectivity index (χ1) is 9.50. The third-order valence-corrected chi connectivity index (χ3v) is 3.04. The Labute approximate surface area is 116 Å². The van der Waals surface area contributed by atoms with Crippen LogP contribution in [0, 0.1) is 24.0 Å². The smallest absolute Gasteiger partial charge is 0.272 e. The van der Waals surface area contributed by atoms with E-state index in [1.54, 1.807) is 29.1 Å². The highest BCUT2D eigenvalue weighted by Crippen LogP contribution is 2.23. The van der Waals surface area contributed by atoms with Crippen molar-refractivity contribution in [3.8, 4) is 0 Å². The van der Waals surface area contributed by atoms with Gasteiger partial charge in [-0.25, -0.2) is 0 Å². The minimum Gasteiger partial charge on any atom is -0.272 e. The van der Waals surface area contributed by atoms with Gasteiger partial charge < -0.3 is 0 Å². The van der Waals surface area contributed by atoms with Gasteiger partial charge in [0.15, 0.2) is 0 Å². The Hall–Kier alpha value is -2.70. The molecule has 1 heterocycles. The maximum atomic E-state index is 10.9. The monoisotopic (exact) mass is 273 g/mol. The van der Waals surface area contributed by atoms with Crippen LogP contribution in [0.2, 0.25) is 0 Å². The van der Waals surface area contributed by atoms with E-state index in [1.165, 1.54) is 6.07 Å². The van der Waals surface area contributed by atoms with Crippen molar-refractivity contribution in [3.05, 3.63) is 51.3 Å². The number of benzene rings is 1. The number of nitrogens with zero attached hydrogens (tertiary/aromatic N) is 4. The normalized spacial score (nSPS) is 10.9. The zero-order valence-electron chi connectivity index (χ0n) is 11.5. The third-order valence-electron chi connectivity index (χ3n) is 3.04. The van der Waals surface area contributed by atoms with E-state index in [1.807, 2.05) is 20.9 Å². The largest absolute Gasteiger partial charge is 0.294 e. The lowest BCUT2D eigenvalue weighted by Crippen LogP contribution is -1.97. The zero-order chi connectivity index (χ0) is 14.7. The summed E-state index contributed by atoms with van der Waals surface area (Å²) in [6.45, 7) is 3.83. The molecule has 0 saturated heterocycles. The number of nitro groups is 1. The molecule has 0 aliphatic heterocycles. The molecule has 0 aliphatic rings. The van der Waals surface area contributed by atoms with E-state index in [4.69, 9.17) is 0 Å². The Balaban J connectivity index is 2.21. The summed E-state index contributed by atoms with van der Waals surface area (Å²) in [5.74, 6) is 0. The summed E-state index contributed by atoms with van der Waals surface area (Å²) >= 11 is 0. The minimum atomic E-state index is -0.446. The second-order valence-corrected chi connectivity index (χ2v) is 4.35. The molecule has 2 rings (SSSR count). The van der Waals surface area contributed by atoms with E-state index in [0.717, 1.165) is 17.0 Å². The van der Waals surface area contributed by atoms with E-state index < -0.39 is 4.92 Å². The predicted molar refractivity (Wildman–Crippen MR) is 77.0 cm³/mol. The average molecular weight is 273 g/mol. The van der Waals surface area contributed by atoms with Crippen molar-refractivity contribution in [1.29, 1.82) is 0 Å². The Morgan fingerprint density at radius 1 is 1.40 bits per heavy atom. The van der Waals surface area contributed by atoms with E-state index >= 15 is 0 Å². The molecule has 0 amide bonds. The molecule has 0 bridgehead atoms. The quantitative estimate of drug-likeness (QED) is 0.526. The number of hydrogen-bond donors (Lipinski definition) is 1. The fraction of sp³-hybridized carbons (Fsp3) is 0.231. The van der Waals surface area contributed by atoms with Crippen LogP contribution in [0.1, 0.15) is 17.0 Å². The number of aryl methyl sites for hydroxylation is 2. The first-order valence-electron chi connectivity index (χ1n) is 6.03. The minimum absolute atomic E-state index is 0.00993. The predicted octanol–water partition coefficient (Wildman–Crippen LogP) is 2.39. The summed E-state index contributed by atoms with van der Waals surface area (Å²) in [4.78, 5) is 10.4. The van der Waals surface area contributed by atoms with Crippen LogP contribution in [0.3, 0.4) is 0 Å². The van der Waals surface area contributed by atoms with Crippen LogP contribution in [-0.4, -0.2) is 20.9 Å². The van der Waals surface area contributed by atoms with Crippen LogP contribution in [0.4, 0.5) is 11.4 Å². The van der Waals surface area contributed by atoms with Gasteiger partial charge in [-0.3, -0.25) is 20.2 Å². The van der Waals surface area contributed by atoms with Gasteiger partial charge >= 0.3 is 0 Å². The molecular weight excluding hydrogens is 258 g/mol. The Kier molecular flexibility index (Phi) is 3.79. The number of anilines is 1. The van der Waals surface area contributed by atoms with Gasteiger partial charge in [0.1, 0.15) is 5.69 Å². The SMILES string of the molecule is Cc1nn(C)c(C)c1/C=N\Nc1ccccc1[N+](=O)[O-]. The van der Waals surface area contributed by atoms with Crippen molar-refractivity contribution < 1.29 is 4.92 Å². The summed E-state index contributed by atoms with van der Waals surface area (Å²) < 4.78 is 1.77. The number of nitro benzene ring substituents is 1. The average Bonchev–Trinajstić information content (AvgIpc) is 2.65. The molecule has 0 saturated carbocycles. The highest BCUT2D eigenvalue weighted by molar-refractivity contribution is 5.83. The lowest BCUT2D eigenvalue weighted by molar-refractivity contribution is -0.384. The van der Waals surface area contributed by atoms with Gasteiger partial charge in [0.2, 0.25) is 0 Å². The zero-order valence-corrected chi connectivity index (χ0v) is 11.5. The summed E-state index contributed by atoms with van der Waals surface area (Å²) in [5, 5.41) is 19.2.